The number of alkyl halides is 2. The molecule has 0 aliphatic heterocycles. The van der Waals surface area contributed by atoms with Gasteiger partial charge in [-0.1, -0.05) is 12.8 Å². The molecule has 1 nitrogen and oxygen atoms in total. The van der Waals surface area contributed by atoms with E-state index >= 15 is 0 Å². The molecule has 0 saturated carbocycles. The summed E-state index contributed by atoms with van der Waals surface area (Å²) in [4.78, 5) is 0. The molecule has 0 heterocycles. The summed E-state index contributed by atoms with van der Waals surface area (Å²) in [5.74, 6) is 1.56. The molecule has 0 N–H and O–H groups in total. The molecule has 5 heteroatoms. The SMILES string of the molecule is C[Si](C)(CCCCCl)O[Si](C)(C)CCCCCl. The highest BCUT2D eigenvalue weighted by Gasteiger charge is 2.31. The van der Waals surface area contributed by atoms with E-state index in [4.69, 9.17) is 27.3 Å². The van der Waals surface area contributed by atoms with Crippen LogP contribution in [0.25, 0.3) is 0 Å². The van der Waals surface area contributed by atoms with Gasteiger partial charge in [-0.25, -0.2) is 0 Å². The molecule has 0 amide bonds. The van der Waals surface area contributed by atoms with E-state index in [1.807, 2.05) is 0 Å². The average molecular weight is 315 g/mol. The first-order chi connectivity index (χ1) is 7.83. The van der Waals surface area contributed by atoms with E-state index in [2.05, 4.69) is 26.2 Å². The highest BCUT2D eigenvalue weighted by Crippen LogP contribution is 2.24. The molecular weight excluding hydrogens is 287 g/mol. The summed E-state index contributed by atoms with van der Waals surface area (Å²) in [7, 11) is -2.93. The Morgan fingerprint density at radius 2 is 1.06 bits per heavy atom. The van der Waals surface area contributed by atoms with Gasteiger partial charge >= 0.3 is 0 Å². The van der Waals surface area contributed by atoms with Crippen LogP contribution in [0.4, 0.5) is 0 Å². The maximum Gasteiger partial charge on any atom is 0.173 e. The lowest BCUT2D eigenvalue weighted by molar-refractivity contribution is 0.529. The summed E-state index contributed by atoms with van der Waals surface area (Å²) < 4.78 is 6.51. The molecule has 0 spiro atoms. The Hall–Kier alpha value is 0.974. The largest absolute Gasteiger partial charge is 0.455 e. The van der Waals surface area contributed by atoms with E-state index in [0.717, 1.165) is 24.6 Å². The van der Waals surface area contributed by atoms with Crippen LogP contribution in [0.15, 0.2) is 0 Å². The van der Waals surface area contributed by atoms with Gasteiger partial charge in [0.1, 0.15) is 0 Å². The van der Waals surface area contributed by atoms with Crippen LogP contribution in [0.1, 0.15) is 25.7 Å². The van der Waals surface area contributed by atoms with E-state index in [-0.39, 0.29) is 0 Å². The zero-order valence-corrected chi connectivity index (χ0v) is 15.3. The second-order valence-electron chi connectivity index (χ2n) is 5.91. The minimum Gasteiger partial charge on any atom is -0.455 e. The summed E-state index contributed by atoms with van der Waals surface area (Å²) in [5.41, 5.74) is 0. The Kier molecular flexibility index (Phi) is 9.48. The van der Waals surface area contributed by atoms with E-state index < -0.39 is 16.6 Å². The zero-order chi connectivity index (χ0) is 13.4. The molecule has 0 aromatic heterocycles. The molecule has 0 bridgehead atoms. The maximum atomic E-state index is 6.51. The van der Waals surface area contributed by atoms with Gasteiger partial charge < -0.3 is 4.12 Å². The van der Waals surface area contributed by atoms with E-state index in [9.17, 15) is 0 Å². The third kappa shape index (κ3) is 10.6. The molecule has 17 heavy (non-hydrogen) atoms. The van der Waals surface area contributed by atoms with Crippen molar-refractivity contribution >= 4 is 39.8 Å². The van der Waals surface area contributed by atoms with Gasteiger partial charge in [-0.2, -0.15) is 0 Å². The van der Waals surface area contributed by atoms with E-state index in [1.54, 1.807) is 0 Å². The lowest BCUT2D eigenvalue weighted by Crippen LogP contribution is -2.44. The van der Waals surface area contributed by atoms with Crippen molar-refractivity contribution in [3.63, 3.8) is 0 Å². The van der Waals surface area contributed by atoms with Crippen molar-refractivity contribution in [2.45, 2.75) is 64.0 Å². The van der Waals surface area contributed by atoms with Crippen LogP contribution in [-0.2, 0) is 4.12 Å². The molecule has 0 aliphatic carbocycles. The lowest BCUT2D eigenvalue weighted by Gasteiger charge is -2.34. The van der Waals surface area contributed by atoms with Crippen molar-refractivity contribution in [2.75, 3.05) is 11.8 Å². The van der Waals surface area contributed by atoms with Crippen LogP contribution in [0.3, 0.4) is 0 Å². The number of halogens is 2. The highest BCUT2D eigenvalue weighted by atomic mass is 35.5. The van der Waals surface area contributed by atoms with Gasteiger partial charge in [-0.05, 0) is 51.1 Å². The number of rotatable bonds is 10. The Bertz CT molecular complexity index is 179. The number of hydrogen-bond donors (Lipinski definition) is 0. The molecule has 0 aromatic rings. The molecule has 104 valence electrons. The van der Waals surface area contributed by atoms with Crippen molar-refractivity contribution in [3.8, 4) is 0 Å². The fraction of sp³-hybridized carbons (Fsp3) is 1.00. The van der Waals surface area contributed by atoms with E-state index in [0.29, 0.717) is 0 Å². The van der Waals surface area contributed by atoms with Crippen molar-refractivity contribution in [1.29, 1.82) is 0 Å². The molecule has 0 saturated heterocycles. The predicted molar refractivity (Wildman–Crippen MR) is 85.6 cm³/mol. The second kappa shape index (κ2) is 8.97. The predicted octanol–water partition coefficient (Wildman–Crippen LogP) is 5.45. The molecule has 0 aliphatic rings. The van der Waals surface area contributed by atoms with Crippen LogP contribution in [0.5, 0.6) is 0 Å². The van der Waals surface area contributed by atoms with Gasteiger partial charge in [0.05, 0.1) is 0 Å². The van der Waals surface area contributed by atoms with Gasteiger partial charge in [0.15, 0.2) is 16.6 Å². The fourth-order valence-corrected chi connectivity index (χ4v) is 11.5. The minimum atomic E-state index is -1.47. The Balaban J connectivity index is 3.99. The summed E-state index contributed by atoms with van der Waals surface area (Å²) in [5, 5.41) is 0. The van der Waals surface area contributed by atoms with Crippen molar-refractivity contribution < 1.29 is 4.12 Å². The Morgan fingerprint density at radius 3 is 1.35 bits per heavy atom. The third-order valence-electron chi connectivity index (χ3n) is 2.88. The maximum absolute atomic E-state index is 6.51. The smallest absolute Gasteiger partial charge is 0.173 e. The van der Waals surface area contributed by atoms with Crippen LogP contribution >= 0.6 is 23.2 Å². The minimum absolute atomic E-state index is 0.779. The molecule has 0 fully saturated rings. The monoisotopic (exact) mass is 314 g/mol. The van der Waals surface area contributed by atoms with Crippen LogP contribution in [0.2, 0.25) is 38.3 Å². The quantitative estimate of drug-likeness (QED) is 0.296. The highest BCUT2D eigenvalue weighted by molar-refractivity contribution is 6.84. The Morgan fingerprint density at radius 1 is 0.706 bits per heavy atom. The summed E-state index contributed by atoms with van der Waals surface area (Å²) in [6.07, 6.45) is 4.68. The summed E-state index contributed by atoms with van der Waals surface area (Å²) >= 11 is 11.4. The van der Waals surface area contributed by atoms with Gasteiger partial charge in [0, 0.05) is 11.8 Å². The van der Waals surface area contributed by atoms with Crippen molar-refractivity contribution in [1.82, 2.24) is 0 Å². The average Bonchev–Trinajstić information content (AvgIpc) is 2.16. The first-order valence-corrected chi connectivity index (χ1v) is 13.9. The van der Waals surface area contributed by atoms with E-state index in [1.165, 1.54) is 24.9 Å². The number of unbranched alkanes of at least 4 members (excludes halogenated alkanes) is 2. The van der Waals surface area contributed by atoms with Gasteiger partial charge in [0.25, 0.3) is 0 Å². The lowest BCUT2D eigenvalue weighted by atomic mass is 10.4. The van der Waals surface area contributed by atoms with Gasteiger partial charge in [-0.15, -0.1) is 23.2 Å². The van der Waals surface area contributed by atoms with Crippen LogP contribution in [0, 0.1) is 0 Å². The molecule has 0 rings (SSSR count). The zero-order valence-electron chi connectivity index (χ0n) is 11.8. The first kappa shape index (κ1) is 18.0. The topological polar surface area (TPSA) is 9.23 Å². The summed E-state index contributed by atoms with van der Waals surface area (Å²) in [6, 6.07) is 2.48. The third-order valence-corrected chi connectivity index (χ3v) is 10.9. The van der Waals surface area contributed by atoms with Crippen LogP contribution in [-0.4, -0.2) is 28.4 Å². The summed E-state index contributed by atoms with van der Waals surface area (Å²) in [6.45, 7) is 9.38. The molecule has 0 atom stereocenters. The van der Waals surface area contributed by atoms with Gasteiger partial charge in [0.2, 0.25) is 0 Å². The van der Waals surface area contributed by atoms with Crippen LogP contribution < -0.4 is 0 Å². The fourth-order valence-electron chi connectivity index (χ4n) is 2.14. The second-order valence-corrected chi connectivity index (χ2v) is 15.5. The normalized spacial score (nSPS) is 13.1. The molecule has 0 radical (unpaired) electrons. The van der Waals surface area contributed by atoms with Crippen molar-refractivity contribution in [3.05, 3.63) is 0 Å². The standard InChI is InChI=1S/C12H28Cl2OSi2/c1-16(2,11-7-5-9-13)15-17(3,4)12-8-6-10-14/h5-12H2,1-4H3. The Labute approximate surface area is 119 Å². The van der Waals surface area contributed by atoms with Crippen molar-refractivity contribution in [2.24, 2.45) is 0 Å². The van der Waals surface area contributed by atoms with Gasteiger partial charge in [-0.3, -0.25) is 0 Å². The molecular formula is C12H28Cl2OSi2. The first-order valence-electron chi connectivity index (χ1n) is 6.65. The molecule has 0 unspecified atom stereocenters. The molecule has 0 aromatic carbocycles. The number of hydrogen-bond acceptors (Lipinski definition) is 1.